The molecule has 5 heteroatoms. The lowest BCUT2D eigenvalue weighted by atomic mass is 9.91. The van der Waals surface area contributed by atoms with Crippen molar-refractivity contribution in [1.82, 2.24) is 14.5 Å². The molecule has 0 fully saturated rings. The summed E-state index contributed by atoms with van der Waals surface area (Å²) in [7, 11) is 0. The summed E-state index contributed by atoms with van der Waals surface area (Å²) in [6, 6.07) is 59.6. The molecule has 0 aliphatic heterocycles. The molecule has 0 aliphatic rings. The van der Waals surface area contributed by atoms with E-state index in [0.29, 0.717) is 17.1 Å². The second-order valence-electron chi connectivity index (χ2n) is 13.3. The number of fused-ring (bicyclic) bond motifs is 3. The number of nitriles is 1. The minimum atomic E-state index is 0.545. The molecule has 0 radical (unpaired) electrons. The predicted molar refractivity (Wildman–Crippen MR) is 219 cm³/mol. The van der Waals surface area contributed by atoms with E-state index in [1.807, 2.05) is 78.9 Å². The first-order chi connectivity index (χ1) is 26.6. The summed E-state index contributed by atoms with van der Waals surface area (Å²) >= 11 is 0. The van der Waals surface area contributed by atoms with E-state index in [-0.39, 0.29) is 0 Å². The number of para-hydroxylation sites is 1. The largest absolute Gasteiger partial charge is 0.308 e. The van der Waals surface area contributed by atoms with E-state index in [9.17, 15) is 5.26 Å². The van der Waals surface area contributed by atoms with Crippen molar-refractivity contribution in [3.8, 4) is 67.9 Å². The van der Waals surface area contributed by atoms with E-state index in [2.05, 4.69) is 113 Å². The fourth-order valence-electron chi connectivity index (χ4n) is 7.36. The van der Waals surface area contributed by atoms with E-state index in [1.165, 1.54) is 5.56 Å². The van der Waals surface area contributed by atoms with Gasteiger partial charge in [0.15, 0.2) is 11.5 Å². The quantitative estimate of drug-likeness (QED) is 0.163. The van der Waals surface area contributed by atoms with E-state index in [1.54, 1.807) is 0 Å². The van der Waals surface area contributed by atoms with Crippen LogP contribution >= 0.6 is 0 Å². The lowest BCUT2D eigenvalue weighted by Crippen LogP contribution is -2.03. The zero-order valence-electron chi connectivity index (χ0n) is 29.4. The second-order valence-corrected chi connectivity index (χ2v) is 13.3. The van der Waals surface area contributed by atoms with Gasteiger partial charge in [-0.3, -0.25) is 0 Å². The second kappa shape index (κ2) is 13.5. The Morgan fingerprint density at radius 1 is 0.537 bits per heavy atom. The Morgan fingerprint density at radius 3 is 1.80 bits per heavy atom. The molecule has 54 heavy (non-hydrogen) atoms. The predicted octanol–water partition coefficient (Wildman–Crippen LogP) is 12.6. The molecule has 0 saturated carbocycles. The van der Waals surface area contributed by atoms with Crippen LogP contribution in [0.4, 0.5) is 5.69 Å². The zero-order chi connectivity index (χ0) is 36.6. The first kappa shape index (κ1) is 32.3. The van der Waals surface area contributed by atoms with Crippen LogP contribution in [0, 0.1) is 24.8 Å². The van der Waals surface area contributed by atoms with E-state index in [4.69, 9.17) is 16.5 Å². The van der Waals surface area contributed by atoms with Gasteiger partial charge in [0.2, 0.25) is 0 Å². The molecule has 9 rings (SSSR count). The number of hydrogen-bond acceptors (Lipinski definition) is 3. The highest BCUT2D eigenvalue weighted by molar-refractivity contribution is 6.11. The van der Waals surface area contributed by atoms with E-state index in [0.717, 1.165) is 77.8 Å². The monoisotopic (exact) mass is 689 g/mol. The Bertz CT molecular complexity index is 2830. The Hall–Kier alpha value is -7.60. The number of rotatable bonds is 6. The molecular formula is C49H31N5. The fourth-order valence-corrected chi connectivity index (χ4v) is 7.36. The minimum absolute atomic E-state index is 0.545. The van der Waals surface area contributed by atoms with Crippen LogP contribution in [-0.4, -0.2) is 14.5 Å². The van der Waals surface area contributed by atoms with Gasteiger partial charge in [-0.15, -0.1) is 0 Å². The summed E-state index contributed by atoms with van der Waals surface area (Å²) in [5, 5.41) is 12.4. The van der Waals surface area contributed by atoms with Gasteiger partial charge in [-0.05, 0) is 72.6 Å². The summed E-state index contributed by atoms with van der Waals surface area (Å²) in [6.07, 6.45) is 0. The minimum Gasteiger partial charge on any atom is -0.308 e. The third-order valence-corrected chi connectivity index (χ3v) is 9.87. The normalized spacial score (nSPS) is 11.0. The van der Waals surface area contributed by atoms with Crippen molar-refractivity contribution in [2.24, 2.45) is 0 Å². The standard InChI is InChI=1S/C49H31N5/c1-32-23-24-47-43(25-32)40-21-9-10-22-46(40)54(47)48-41(36-18-11-13-33(26-36)31-50)28-38(29-42(48)37-19-12-20-39(27-37)51-2)49-52-44(34-14-5-3-6-15-34)30-45(53-49)35-16-7-4-8-17-35/h3-30H,1H3. The van der Waals surface area contributed by atoms with Crippen LogP contribution in [0.25, 0.3) is 88.5 Å². The number of benzene rings is 7. The van der Waals surface area contributed by atoms with Gasteiger partial charge in [-0.1, -0.05) is 121 Å². The molecule has 7 aromatic carbocycles. The maximum atomic E-state index is 10.1. The highest BCUT2D eigenvalue weighted by Gasteiger charge is 2.23. The summed E-state index contributed by atoms with van der Waals surface area (Å²) in [4.78, 5) is 14.3. The highest BCUT2D eigenvalue weighted by atomic mass is 15.0. The Morgan fingerprint density at radius 2 is 1.13 bits per heavy atom. The third kappa shape index (κ3) is 5.77. The first-order valence-electron chi connectivity index (χ1n) is 17.7. The molecule has 0 unspecified atom stereocenters. The van der Waals surface area contributed by atoms with Gasteiger partial charge in [0, 0.05) is 38.6 Å². The maximum absolute atomic E-state index is 10.1. The summed E-state index contributed by atoms with van der Waals surface area (Å²) in [6.45, 7) is 10.0. The summed E-state index contributed by atoms with van der Waals surface area (Å²) < 4.78 is 2.33. The molecule has 0 spiro atoms. The average molecular weight is 690 g/mol. The van der Waals surface area contributed by atoms with Crippen molar-refractivity contribution in [3.05, 3.63) is 192 Å². The van der Waals surface area contributed by atoms with Crippen molar-refractivity contribution in [2.75, 3.05) is 0 Å². The molecule has 252 valence electrons. The van der Waals surface area contributed by atoms with Gasteiger partial charge in [-0.2, -0.15) is 5.26 Å². The van der Waals surface area contributed by atoms with Gasteiger partial charge in [-0.25, -0.2) is 14.8 Å². The van der Waals surface area contributed by atoms with Crippen molar-refractivity contribution in [1.29, 1.82) is 5.26 Å². The van der Waals surface area contributed by atoms with Crippen LogP contribution < -0.4 is 0 Å². The smallest absolute Gasteiger partial charge is 0.187 e. The molecular weight excluding hydrogens is 659 g/mol. The third-order valence-electron chi connectivity index (χ3n) is 9.87. The van der Waals surface area contributed by atoms with Crippen molar-refractivity contribution >= 4 is 27.5 Å². The van der Waals surface area contributed by atoms with E-state index >= 15 is 0 Å². The van der Waals surface area contributed by atoms with Gasteiger partial charge in [0.25, 0.3) is 0 Å². The number of aryl methyl sites for hydroxylation is 1. The lowest BCUT2D eigenvalue weighted by molar-refractivity contribution is 1.16. The molecule has 2 heterocycles. The maximum Gasteiger partial charge on any atom is 0.187 e. The van der Waals surface area contributed by atoms with Crippen LogP contribution in [0.5, 0.6) is 0 Å². The molecule has 9 aromatic rings. The molecule has 0 atom stereocenters. The van der Waals surface area contributed by atoms with Crippen LogP contribution in [0.3, 0.4) is 0 Å². The molecule has 5 nitrogen and oxygen atoms in total. The number of aromatic nitrogens is 3. The van der Waals surface area contributed by atoms with Crippen molar-refractivity contribution < 1.29 is 0 Å². The zero-order valence-corrected chi connectivity index (χ0v) is 29.4. The van der Waals surface area contributed by atoms with Crippen molar-refractivity contribution in [2.45, 2.75) is 6.92 Å². The molecule has 0 amide bonds. The molecule has 0 saturated heterocycles. The van der Waals surface area contributed by atoms with Crippen LogP contribution in [0.15, 0.2) is 170 Å². The Kier molecular flexibility index (Phi) is 8.08. The summed E-state index contributed by atoms with van der Waals surface area (Å²) in [5.41, 5.74) is 13.3. The van der Waals surface area contributed by atoms with Gasteiger partial charge < -0.3 is 4.57 Å². The van der Waals surface area contributed by atoms with Gasteiger partial charge >= 0.3 is 0 Å². The van der Waals surface area contributed by atoms with Gasteiger partial charge in [0.05, 0.1) is 46.3 Å². The van der Waals surface area contributed by atoms with Crippen LogP contribution in [0.2, 0.25) is 0 Å². The number of nitrogens with zero attached hydrogens (tertiary/aromatic N) is 5. The molecule has 2 aromatic heterocycles. The average Bonchev–Trinajstić information content (AvgIpc) is 3.56. The number of hydrogen-bond donors (Lipinski definition) is 0. The molecule has 0 aliphatic carbocycles. The Balaban J connectivity index is 1.44. The van der Waals surface area contributed by atoms with Crippen LogP contribution in [-0.2, 0) is 0 Å². The first-order valence-corrected chi connectivity index (χ1v) is 17.7. The van der Waals surface area contributed by atoms with Crippen LogP contribution in [0.1, 0.15) is 11.1 Å². The Labute approximate surface area is 313 Å². The van der Waals surface area contributed by atoms with E-state index < -0.39 is 0 Å². The summed E-state index contributed by atoms with van der Waals surface area (Å²) in [5.74, 6) is 0.569. The topological polar surface area (TPSA) is 58.9 Å². The lowest BCUT2D eigenvalue weighted by Gasteiger charge is -2.21. The van der Waals surface area contributed by atoms with Gasteiger partial charge in [0.1, 0.15) is 0 Å². The molecule has 0 N–H and O–H groups in total. The molecule has 0 bridgehead atoms. The highest BCUT2D eigenvalue weighted by Crippen LogP contribution is 2.44. The van der Waals surface area contributed by atoms with Crippen molar-refractivity contribution in [3.63, 3.8) is 0 Å². The SMILES string of the molecule is [C-]#[N+]c1cccc(-c2cc(-c3nc(-c4ccccc4)cc(-c4ccccc4)n3)cc(-c3cccc(C#N)c3)c2-n2c3ccccc3c3cc(C)ccc32)c1. The fraction of sp³-hybridized carbons (Fsp3) is 0.0204.